The molecule has 0 aliphatic heterocycles. The molecule has 0 amide bonds. The molecule has 0 fully saturated rings. The summed E-state index contributed by atoms with van der Waals surface area (Å²) in [6, 6.07) is 0. The third-order valence-corrected chi connectivity index (χ3v) is 2.03. The summed E-state index contributed by atoms with van der Waals surface area (Å²) in [5, 5.41) is 4.88. The fourth-order valence-corrected chi connectivity index (χ4v) is 1.25. The van der Waals surface area contributed by atoms with Crippen molar-refractivity contribution in [1.29, 1.82) is 0 Å². The van der Waals surface area contributed by atoms with Crippen molar-refractivity contribution in [2.45, 2.75) is 12.1 Å². The van der Waals surface area contributed by atoms with E-state index >= 15 is 0 Å². The summed E-state index contributed by atoms with van der Waals surface area (Å²) in [6.45, 7) is 5.34. The normalized spacial score (nSPS) is 11.2. The molecule has 0 bridgehead atoms. The highest BCUT2D eigenvalue weighted by molar-refractivity contribution is 7.98. The molecule has 0 unspecified atom stereocenters. The summed E-state index contributed by atoms with van der Waals surface area (Å²) in [5.41, 5.74) is 3.47. The summed E-state index contributed by atoms with van der Waals surface area (Å²) >= 11 is 1.49. The lowest BCUT2D eigenvalue weighted by Crippen LogP contribution is -1.91. The van der Waals surface area contributed by atoms with Crippen molar-refractivity contribution >= 4 is 23.4 Å². The number of thioether (sulfide) groups is 1. The number of aliphatic imine (C=N–C) groups is 1. The molecule has 1 aromatic rings. The van der Waals surface area contributed by atoms with Crippen LogP contribution in [0.3, 0.4) is 0 Å². The molecule has 0 spiro atoms. The lowest BCUT2D eigenvalue weighted by atomic mass is 10.4. The summed E-state index contributed by atoms with van der Waals surface area (Å²) in [7, 11) is 1.82. The third kappa shape index (κ3) is 2.58. The van der Waals surface area contributed by atoms with Crippen LogP contribution in [0.1, 0.15) is 6.92 Å². The van der Waals surface area contributed by atoms with E-state index in [1.165, 1.54) is 11.8 Å². The molecule has 1 heterocycles. The molecule has 0 saturated carbocycles. The Labute approximate surface area is 87.5 Å². The minimum absolute atomic E-state index is 0.596. The lowest BCUT2D eigenvalue weighted by molar-refractivity contribution is 0.741. The highest BCUT2D eigenvalue weighted by Gasteiger charge is 2.03. The highest BCUT2D eigenvalue weighted by Crippen LogP contribution is 2.14. The monoisotopic (exact) mass is 208 g/mol. The van der Waals surface area contributed by atoms with Gasteiger partial charge in [0.2, 0.25) is 11.1 Å². The van der Waals surface area contributed by atoms with Crippen molar-refractivity contribution in [2.75, 3.05) is 6.26 Å². The molecule has 4 nitrogen and oxygen atoms in total. The van der Waals surface area contributed by atoms with Crippen LogP contribution in [0.15, 0.2) is 28.5 Å². The predicted octanol–water partition coefficient (Wildman–Crippen LogP) is 1.97. The molecule has 0 aliphatic carbocycles. The van der Waals surface area contributed by atoms with Gasteiger partial charge in [0.05, 0.1) is 0 Å². The van der Waals surface area contributed by atoms with Gasteiger partial charge in [-0.2, -0.15) is 4.98 Å². The Morgan fingerprint density at radius 2 is 2.43 bits per heavy atom. The first-order valence-corrected chi connectivity index (χ1v) is 5.26. The van der Waals surface area contributed by atoms with Gasteiger partial charge in [-0.3, -0.25) is 0 Å². The van der Waals surface area contributed by atoms with Gasteiger partial charge in [0.25, 0.3) is 0 Å². The van der Waals surface area contributed by atoms with Gasteiger partial charge in [-0.05, 0) is 13.2 Å². The Morgan fingerprint density at radius 3 is 2.93 bits per heavy atom. The van der Waals surface area contributed by atoms with E-state index < -0.39 is 0 Å². The van der Waals surface area contributed by atoms with Crippen LogP contribution in [0.5, 0.6) is 0 Å². The Bertz CT molecular complexity index is 399. The molecule has 0 aromatic carbocycles. The largest absolute Gasteiger partial charge is 0.248 e. The zero-order valence-corrected chi connectivity index (χ0v) is 9.30. The molecule has 0 N–H and O–H groups in total. The second kappa shape index (κ2) is 4.79. The Balaban J connectivity index is 3.01. The van der Waals surface area contributed by atoms with Crippen LogP contribution in [-0.4, -0.2) is 26.7 Å². The van der Waals surface area contributed by atoms with Crippen molar-refractivity contribution in [3.8, 4) is 0 Å². The van der Waals surface area contributed by atoms with Gasteiger partial charge >= 0.3 is 0 Å². The maximum absolute atomic E-state index is 4.25. The molecule has 74 valence electrons. The predicted molar refractivity (Wildman–Crippen MR) is 59.3 cm³/mol. The Kier molecular flexibility index (Phi) is 3.68. The SMILES string of the molecule is C=C=C/C(C)=N\c1nc(SC)nn1C. The number of aromatic nitrogens is 3. The van der Waals surface area contributed by atoms with Crippen LogP contribution in [-0.2, 0) is 7.05 Å². The smallest absolute Gasteiger partial charge is 0.232 e. The molecule has 1 aromatic heterocycles. The van der Waals surface area contributed by atoms with Crippen molar-refractivity contribution in [1.82, 2.24) is 14.8 Å². The first-order chi connectivity index (χ1) is 6.67. The van der Waals surface area contributed by atoms with Gasteiger partial charge in [0.15, 0.2) is 0 Å². The number of allylic oxidation sites excluding steroid dienone is 1. The van der Waals surface area contributed by atoms with Gasteiger partial charge < -0.3 is 0 Å². The molecule has 1 rings (SSSR count). The summed E-state index contributed by atoms with van der Waals surface area (Å²) in [4.78, 5) is 8.46. The number of hydrogen-bond donors (Lipinski definition) is 0. The molecule has 5 heteroatoms. The van der Waals surface area contributed by atoms with Gasteiger partial charge in [0.1, 0.15) is 0 Å². The van der Waals surface area contributed by atoms with E-state index in [1.54, 1.807) is 10.8 Å². The Hall–Kier alpha value is -1.32. The van der Waals surface area contributed by atoms with Crippen LogP contribution in [0.4, 0.5) is 5.95 Å². The van der Waals surface area contributed by atoms with Gasteiger partial charge in [-0.25, -0.2) is 9.67 Å². The highest BCUT2D eigenvalue weighted by atomic mass is 32.2. The molecule has 0 saturated heterocycles. The van der Waals surface area contributed by atoms with E-state index in [9.17, 15) is 0 Å². The quantitative estimate of drug-likeness (QED) is 0.433. The molecular formula is C9H12N4S. The minimum Gasteiger partial charge on any atom is -0.232 e. The second-order valence-corrected chi connectivity index (χ2v) is 3.40. The number of rotatable bonds is 3. The maximum atomic E-state index is 4.25. The van der Waals surface area contributed by atoms with Gasteiger partial charge in [0, 0.05) is 18.8 Å². The summed E-state index contributed by atoms with van der Waals surface area (Å²) in [6.07, 6.45) is 3.63. The lowest BCUT2D eigenvalue weighted by Gasteiger charge is -1.91. The van der Waals surface area contributed by atoms with Crippen LogP contribution in [0.2, 0.25) is 0 Å². The fraction of sp³-hybridized carbons (Fsp3) is 0.333. The van der Waals surface area contributed by atoms with Crippen LogP contribution >= 0.6 is 11.8 Å². The number of aryl methyl sites for hydroxylation is 1. The average molecular weight is 208 g/mol. The third-order valence-electron chi connectivity index (χ3n) is 1.49. The number of nitrogens with zero attached hydrogens (tertiary/aromatic N) is 4. The zero-order chi connectivity index (χ0) is 10.6. The topological polar surface area (TPSA) is 43.1 Å². The average Bonchev–Trinajstić information content (AvgIpc) is 2.48. The van der Waals surface area contributed by atoms with E-state index in [1.807, 2.05) is 20.2 Å². The van der Waals surface area contributed by atoms with Gasteiger partial charge in [-0.15, -0.1) is 10.8 Å². The van der Waals surface area contributed by atoms with Crippen LogP contribution < -0.4 is 0 Å². The Morgan fingerprint density at radius 1 is 1.71 bits per heavy atom. The standard InChI is InChI=1S/C9H12N4S/c1-5-6-7(2)10-8-11-9(14-4)12-13(8)3/h6H,1H2,2-4H3/b10-7-. The van der Waals surface area contributed by atoms with E-state index in [0.717, 1.165) is 10.9 Å². The van der Waals surface area contributed by atoms with E-state index in [-0.39, 0.29) is 0 Å². The van der Waals surface area contributed by atoms with Crippen LogP contribution in [0, 0.1) is 0 Å². The minimum atomic E-state index is 0.596. The van der Waals surface area contributed by atoms with Crippen molar-refractivity contribution in [3.05, 3.63) is 18.4 Å². The van der Waals surface area contributed by atoms with Gasteiger partial charge in [-0.1, -0.05) is 18.3 Å². The fourth-order valence-electron chi connectivity index (χ4n) is 0.875. The molecule has 14 heavy (non-hydrogen) atoms. The zero-order valence-electron chi connectivity index (χ0n) is 8.48. The van der Waals surface area contributed by atoms with E-state index in [2.05, 4.69) is 27.4 Å². The first-order valence-electron chi connectivity index (χ1n) is 4.03. The first kappa shape index (κ1) is 10.8. The number of hydrogen-bond acceptors (Lipinski definition) is 4. The van der Waals surface area contributed by atoms with Crippen LogP contribution in [0.25, 0.3) is 0 Å². The van der Waals surface area contributed by atoms with E-state index in [0.29, 0.717) is 5.95 Å². The van der Waals surface area contributed by atoms with E-state index in [4.69, 9.17) is 0 Å². The summed E-state index contributed by atoms with van der Waals surface area (Å²) < 4.78 is 1.65. The van der Waals surface area contributed by atoms with Crippen molar-refractivity contribution in [3.63, 3.8) is 0 Å². The molecule has 0 atom stereocenters. The molecule has 0 aliphatic rings. The summed E-state index contributed by atoms with van der Waals surface area (Å²) in [5.74, 6) is 0.596. The van der Waals surface area contributed by atoms with Crippen molar-refractivity contribution in [2.24, 2.45) is 12.0 Å². The van der Waals surface area contributed by atoms with Crippen molar-refractivity contribution < 1.29 is 0 Å². The maximum Gasteiger partial charge on any atom is 0.248 e. The second-order valence-electron chi connectivity index (χ2n) is 2.62. The molecular weight excluding hydrogens is 196 g/mol. The molecule has 0 radical (unpaired) electrons.